The number of hydrogen-bond donors (Lipinski definition) is 2. The summed E-state index contributed by atoms with van der Waals surface area (Å²) >= 11 is 0. The fraction of sp³-hybridized carbons (Fsp3) is 0.0588. The quantitative estimate of drug-likeness (QED) is 0.590. The van der Waals surface area contributed by atoms with E-state index in [1.807, 2.05) is 30.3 Å². The molecule has 0 aliphatic rings. The second kappa shape index (κ2) is 6.08. The summed E-state index contributed by atoms with van der Waals surface area (Å²) < 4.78 is 6.61. The summed E-state index contributed by atoms with van der Waals surface area (Å²) in [5.74, 6) is 0.136. The van der Waals surface area contributed by atoms with E-state index in [0.717, 1.165) is 5.69 Å². The maximum atomic E-state index is 12.2. The summed E-state index contributed by atoms with van der Waals surface area (Å²) in [6, 6.07) is 12.6. The lowest BCUT2D eigenvalue weighted by Gasteiger charge is -2.05. The number of amides is 1. The molecule has 8 nitrogen and oxygen atoms in total. The third-order valence-electron chi connectivity index (χ3n) is 3.65. The maximum Gasteiger partial charge on any atom is 0.287 e. The van der Waals surface area contributed by atoms with Crippen LogP contribution < -0.4 is 10.9 Å². The highest BCUT2D eigenvalue weighted by Gasteiger charge is 2.13. The zero-order chi connectivity index (χ0) is 17.2. The molecule has 0 spiro atoms. The molecule has 3 aromatic heterocycles. The molecule has 0 aliphatic carbocycles. The van der Waals surface area contributed by atoms with Crippen molar-refractivity contribution in [2.24, 2.45) is 0 Å². The number of rotatable bonds is 4. The normalized spacial score (nSPS) is 10.9. The lowest BCUT2D eigenvalue weighted by Crippen LogP contribution is -2.25. The van der Waals surface area contributed by atoms with Crippen molar-refractivity contribution >= 4 is 16.9 Å². The van der Waals surface area contributed by atoms with Crippen molar-refractivity contribution in [3.63, 3.8) is 0 Å². The van der Waals surface area contributed by atoms with Crippen LogP contribution in [-0.2, 0) is 6.54 Å². The molecule has 0 bridgehead atoms. The summed E-state index contributed by atoms with van der Waals surface area (Å²) in [5.41, 5.74) is 0.910. The van der Waals surface area contributed by atoms with Gasteiger partial charge in [-0.3, -0.25) is 9.59 Å². The molecule has 1 aromatic carbocycles. The number of nitrogens with one attached hydrogen (secondary N) is 2. The molecule has 8 heteroatoms. The fourth-order valence-electron chi connectivity index (χ4n) is 2.46. The van der Waals surface area contributed by atoms with E-state index in [2.05, 4.69) is 20.4 Å². The van der Waals surface area contributed by atoms with Gasteiger partial charge in [-0.1, -0.05) is 18.2 Å². The molecule has 0 unspecified atom stereocenters. The molecular formula is C17H13N5O3. The van der Waals surface area contributed by atoms with Crippen molar-refractivity contribution in [2.75, 3.05) is 0 Å². The monoisotopic (exact) mass is 335 g/mol. The van der Waals surface area contributed by atoms with Gasteiger partial charge in [0, 0.05) is 0 Å². The van der Waals surface area contributed by atoms with Gasteiger partial charge in [0.25, 0.3) is 11.5 Å². The molecule has 0 saturated carbocycles. The Bertz CT molecular complexity index is 1080. The van der Waals surface area contributed by atoms with E-state index < -0.39 is 0 Å². The standard InChI is InChI=1S/C17H13N5O3/c23-16-12-9-19-22(11-5-2-1-3-6-11)15(12)20-14(21-16)10-18-17(24)13-7-4-8-25-13/h1-9H,10H2,(H,18,24)(H,20,21,23). The Morgan fingerprint density at radius 3 is 2.80 bits per heavy atom. The van der Waals surface area contributed by atoms with Crippen molar-refractivity contribution in [1.82, 2.24) is 25.1 Å². The van der Waals surface area contributed by atoms with Crippen LogP contribution in [-0.4, -0.2) is 25.7 Å². The lowest BCUT2D eigenvalue weighted by molar-refractivity contribution is 0.0922. The Balaban J connectivity index is 1.66. The largest absolute Gasteiger partial charge is 0.459 e. The predicted octanol–water partition coefficient (Wildman–Crippen LogP) is 1.63. The van der Waals surface area contributed by atoms with Crippen molar-refractivity contribution in [3.8, 4) is 5.69 Å². The molecule has 124 valence electrons. The molecule has 0 atom stereocenters. The third-order valence-corrected chi connectivity index (χ3v) is 3.65. The SMILES string of the molecule is O=C(NCc1nc2c(cnn2-c2ccccc2)c(=O)[nH]1)c1ccco1. The van der Waals surface area contributed by atoms with E-state index >= 15 is 0 Å². The average Bonchev–Trinajstić information content (AvgIpc) is 3.30. The number of H-pyrrole nitrogens is 1. The predicted molar refractivity (Wildman–Crippen MR) is 89.4 cm³/mol. The van der Waals surface area contributed by atoms with Gasteiger partial charge in [0.2, 0.25) is 0 Å². The number of hydrogen-bond acceptors (Lipinski definition) is 5. The second-order valence-electron chi connectivity index (χ2n) is 5.30. The summed E-state index contributed by atoms with van der Waals surface area (Å²) in [6.45, 7) is 0.0602. The molecule has 0 saturated heterocycles. The van der Waals surface area contributed by atoms with Gasteiger partial charge in [-0.25, -0.2) is 9.67 Å². The number of para-hydroxylation sites is 1. The van der Waals surface area contributed by atoms with Crippen LogP contribution in [0, 0.1) is 0 Å². The van der Waals surface area contributed by atoms with Gasteiger partial charge >= 0.3 is 0 Å². The van der Waals surface area contributed by atoms with Crippen LogP contribution in [0.15, 0.2) is 64.1 Å². The van der Waals surface area contributed by atoms with Crippen LogP contribution in [0.2, 0.25) is 0 Å². The number of carbonyl (C=O) groups excluding carboxylic acids is 1. The average molecular weight is 335 g/mol. The van der Waals surface area contributed by atoms with Gasteiger partial charge < -0.3 is 14.7 Å². The highest BCUT2D eigenvalue weighted by molar-refractivity contribution is 5.91. The van der Waals surface area contributed by atoms with Gasteiger partial charge in [0.05, 0.1) is 24.7 Å². The number of nitrogens with zero attached hydrogens (tertiary/aromatic N) is 3. The molecule has 4 rings (SSSR count). The smallest absolute Gasteiger partial charge is 0.287 e. The summed E-state index contributed by atoms with van der Waals surface area (Å²) in [5, 5.41) is 7.26. The van der Waals surface area contributed by atoms with Crippen molar-refractivity contribution in [1.29, 1.82) is 0 Å². The van der Waals surface area contributed by atoms with Gasteiger partial charge in [0.15, 0.2) is 11.4 Å². The Morgan fingerprint density at radius 2 is 2.04 bits per heavy atom. The molecule has 0 fully saturated rings. The maximum absolute atomic E-state index is 12.2. The minimum atomic E-state index is -0.385. The number of aromatic nitrogens is 4. The Hall–Kier alpha value is -3.68. The molecule has 1 amide bonds. The number of fused-ring (bicyclic) bond motifs is 1. The topological polar surface area (TPSA) is 106 Å². The van der Waals surface area contributed by atoms with Gasteiger partial charge in [-0.05, 0) is 24.3 Å². The molecule has 25 heavy (non-hydrogen) atoms. The van der Waals surface area contributed by atoms with E-state index in [0.29, 0.717) is 16.9 Å². The fourth-order valence-corrected chi connectivity index (χ4v) is 2.46. The van der Waals surface area contributed by atoms with E-state index in [1.165, 1.54) is 12.5 Å². The van der Waals surface area contributed by atoms with Crippen LogP contribution >= 0.6 is 0 Å². The van der Waals surface area contributed by atoms with Crippen LogP contribution in [0.3, 0.4) is 0 Å². The van der Waals surface area contributed by atoms with Crippen LogP contribution in [0.4, 0.5) is 0 Å². The molecular weight excluding hydrogens is 322 g/mol. The summed E-state index contributed by atoms with van der Waals surface area (Å²) in [6.07, 6.45) is 2.89. The van der Waals surface area contributed by atoms with Crippen molar-refractivity contribution < 1.29 is 9.21 Å². The van der Waals surface area contributed by atoms with Crippen molar-refractivity contribution in [2.45, 2.75) is 6.54 Å². The van der Waals surface area contributed by atoms with Crippen LogP contribution in [0.1, 0.15) is 16.4 Å². The zero-order valence-corrected chi connectivity index (χ0v) is 13.0. The van der Waals surface area contributed by atoms with Crippen LogP contribution in [0.25, 0.3) is 16.7 Å². The molecule has 0 radical (unpaired) electrons. The zero-order valence-electron chi connectivity index (χ0n) is 13.0. The van der Waals surface area contributed by atoms with Crippen LogP contribution in [0.5, 0.6) is 0 Å². The Morgan fingerprint density at radius 1 is 1.20 bits per heavy atom. The summed E-state index contributed by atoms with van der Waals surface area (Å²) in [7, 11) is 0. The minimum Gasteiger partial charge on any atom is -0.459 e. The molecule has 2 N–H and O–H groups in total. The molecule has 3 heterocycles. The Labute approximate surface area is 141 Å². The van der Waals surface area contributed by atoms with Gasteiger partial charge in [-0.15, -0.1) is 0 Å². The van der Waals surface area contributed by atoms with E-state index in [4.69, 9.17) is 4.42 Å². The van der Waals surface area contributed by atoms with Gasteiger partial charge in [0.1, 0.15) is 11.2 Å². The van der Waals surface area contributed by atoms with Crippen molar-refractivity contribution in [3.05, 3.63) is 76.9 Å². The lowest BCUT2D eigenvalue weighted by atomic mass is 10.3. The van der Waals surface area contributed by atoms with E-state index in [-0.39, 0.29) is 23.8 Å². The minimum absolute atomic E-state index is 0.0602. The first-order valence-corrected chi connectivity index (χ1v) is 7.56. The summed E-state index contributed by atoms with van der Waals surface area (Å²) in [4.78, 5) is 31.2. The number of aromatic amines is 1. The molecule has 4 aromatic rings. The first-order chi connectivity index (χ1) is 12.2. The van der Waals surface area contributed by atoms with Gasteiger partial charge in [-0.2, -0.15) is 5.10 Å². The highest BCUT2D eigenvalue weighted by atomic mass is 16.3. The third kappa shape index (κ3) is 2.80. The van der Waals surface area contributed by atoms with E-state index in [1.54, 1.807) is 16.8 Å². The number of furan rings is 1. The Kier molecular flexibility index (Phi) is 3.62. The number of carbonyl (C=O) groups is 1. The first kappa shape index (κ1) is 14.9. The van der Waals surface area contributed by atoms with E-state index in [9.17, 15) is 9.59 Å². The molecule has 0 aliphatic heterocycles. The second-order valence-corrected chi connectivity index (χ2v) is 5.30. The number of benzene rings is 1. The highest BCUT2D eigenvalue weighted by Crippen LogP contribution is 2.13. The first-order valence-electron chi connectivity index (χ1n) is 7.56.